The van der Waals surface area contributed by atoms with Gasteiger partial charge in [-0.15, -0.1) is 0 Å². The number of hydrogen-bond acceptors (Lipinski definition) is 4. The Labute approximate surface area is 121 Å². The Kier molecular flexibility index (Phi) is 6.45. The quantitative estimate of drug-likeness (QED) is 0.756. The molecule has 5 nitrogen and oxygen atoms in total. The molecule has 1 rings (SSSR count). The van der Waals surface area contributed by atoms with Crippen molar-refractivity contribution >= 4 is 11.7 Å². The van der Waals surface area contributed by atoms with E-state index in [1.54, 1.807) is 6.20 Å². The van der Waals surface area contributed by atoms with Crippen LogP contribution >= 0.6 is 0 Å². The molecule has 0 unspecified atom stereocenters. The van der Waals surface area contributed by atoms with Gasteiger partial charge in [-0.1, -0.05) is 19.9 Å². The van der Waals surface area contributed by atoms with Crippen LogP contribution in [0.25, 0.3) is 0 Å². The van der Waals surface area contributed by atoms with Crippen LogP contribution in [0.1, 0.15) is 33.3 Å². The van der Waals surface area contributed by atoms with Gasteiger partial charge in [-0.3, -0.25) is 4.79 Å². The van der Waals surface area contributed by atoms with Crippen LogP contribution in [0.15, 0.2) is 18.3 Å². The summed E-state index contributed by atoms with van der Waals surface area (Å²) in [6.07, 6.45) is 1.75. The summed E-state index contributed by atoms with van der Waals surface area (Å²) in [5.41, 5.74) is 6.42. The molecule has 0 aliphatic rings. The maximum atomic E-state index is 11.2. The van der Waals surface area contributed by atoms with Gasteiger partial charge in [-0.2, -0.15) is 0 Å². The van der Waals surface area contributed by atoms with Gasteiger partial charge in [0.1, 0.15) is 5.82 Å². The lowest BCUT2D eigenvalue weighted by Gasteiger charge is -2.28. The van der Waals surface area contributed by atoms with Crippen molar-refractivity contribution in [2.75, 3.05) is 18.0 Å². The summed E-state index contributed by atoms with van der Waals surface area (Å²) >= 11 is 0. The van der Waals surface area contributed by atoms with Crippen molar-refractivity contribution in [3.8, 4) is 0 Å². The van der Waals surface area contributed by atoms with Gasteiger partial charge in [-0.05, 0) is 32.4 Å². The molecule has 1 amide bonds. The number of pyridine rings is 1. The summed E-state index contributed by atoms with van der Waals surface area (Å²) in [4.78, 5) is 17.6. The molecular weight excluding hydrogens is 252 g/mol. The number of aromatic nitrogens is 1. The fourth-order valence-electron chi connectivity index (χ4n) is 1.99. The second-order valence-electron chi connectivity index (χ2n) is 5.70. The number of nitrogens with zero attached hydrogens (tertiary/aromatic N) is 2. The van der Waals surface area contributed by atoms with Crippen molar-refractivity contribution in [3.63, 3.8) is 0 Å². The minimum atomic E-state index is -0.342. The fourth-order valence-corrected chi connectivity index (χ4v) is 1.99. The zero-order valence-corrected chi connectivity index (χ0v) is 12.9. The Hall–Kier alpha value is -1.62. The molecule has 1 aromatic rings. The molecule has 5 heteroatoms. The third-order valence-corrected chi connectivity index (χ3v) is 2.96. The normalized spacial score (nSPS) is 11.1. The van der Waals surface area contributed by atoms with Crippen molar-refractivity contribution in [1.29, 1.82) is 0 Å². The van der Waals surface area contributed by atoms with E-state index >= 15 is 0 Å². The number of anilines is 1. The molecule has 0 radical (unpaired) electrons. The molecule has 0 aliphatic carbocycles. The Morgan fingerprint density at radius 2 is 2.10 bits per heavy atom. The molecule has 1 aromatic heterocycles. The predicted octanol–water partition coefficient (Wildman–Crippen LogP) is 1.53. The zero-order valence-electron chi connectivity index (χ0n) is 12.9. The third-order valence-electron chi connectivity index (χ3n) is 2.96. The molecule has 1 heterocycles. The van der Waals surface area contributed by atoms with Gasteiger partial charge >= 0.3 is 0 Å². The molecule has 20 heavy (non-hydrogen) atoms. The monoisotopic (exact) mass is 278 g/mol. The molecule has 3 N–H and O–H groups in total. The zero-order chi connectivity index (χ0) is 15.1. The highest BCUT2D eigenvalue weighted by Crippen LogP contribution is 2.19. The van der Waals surface area contributed by atoms with Crippen molar-refractivity contribution in [3.05, 3.63) is 23.9 Å². The molecule has 0 aliphatic heterocycles. The average molecular weight is 278 g/mol. The van der Waals surface area contributed by atoms with Crippen molar-refractivity contribution in [2.45, 2.75) is 40.3 Å². The van der Waals surface area contributed by atoms with E-state index in [1.807, 2.05) is 30.9 Å². The lowest BCUT2D eigenvalue weighted by atomic mass is 10.2. The van der Waals surface area contributed by atoms with Gasteiger partial charge < -0.3 is 16.0 Å². The van der Waals surface area contributed by atoms with E-state index in [9.17, 15) is 4.79 Å². The molecular formula is C15H26N4O. The number of rotatable bonds is 8. The lowest BCUT2D eigenvalue weighted by molar-refractivity contribution is -0.116. The Morgan fingerprint density at radius 3 is 2.65 bits per heavy atom. The van der Waals surface area contributed by atoms with E-state index in [-0.39, 0.29) is 18.5 Å². The van der Waals surface area contributed by atoms with E-state index in [0.717, 1.165) is 24.5 Å². The lowest BCUT2D eigenvalue weighted by Crippen LogP contribution is -2.40. The molecule has 0 fully saturated rings. The molecule has 112 valence electrons. The second-order valence-corrected chi connectivity index (χ2v) is 5.70. The SMILES string of the molecule is CC(C)CNCc1cccnc1N(CC(N)=O)C(C)C. The fraction of sp³-hybridized carbons (Fsp3) is 0.600. The molecule has 0 atom stereocenters. The van der Waals surface area contributed by atoms with Crippen LogP contribution in [0.4, 0.5) is 5.82 Å². The van der Waals surface area contributed by atoms with Gasteiger partial charge in [0.05, 0.1) is 6.54 Å². The van der Waals surface area contributed by atoms with Crippen LogP contribution in [-0.2, 0) is 11.3 Å². The highest BCUT2D eigenvalue weighted by Gasteiger charge is 2.17. The van der Waals surface area contributed by atoms with E-state index in [4.69, 9.17) is 5.73 Å². The molecule has 0 saturated carbocycles. The average Bonchev–Trinajstić information content (AvgIpc) is 2.36. The van der Waals surface area contributed by atoms with Crippen molar-refractivity contribution in [2.24, 2.45) is 11.7 Å². The topological polar surface area (TPSA) is 71.2 Å². The summed E-state index contributed by atoms with van der Waals surface area (Å²) in [6, 6.07) is 4.12. The van der Waals surface area contributed by atoms with Crippen LogP contribution in [0.2, 0.25) is 0 Å². The standard InChI is InChI=1S/C15H26N4O/c1-11(2)8-17-9-13-6-5-7-18-15(13)19(12(3)4)10-14(16)20/h5-7,11-12,17H,8-10H2,1-4H3,(H2,16,20). The first-order chi connectivity index (χ1) is 9.41. The molecule has 0 spiro atoms. The number of nitrogens with one attached hydrogen (secondary N) is 1. The number of nitrogens with two attached hydrogens (primary N) is 1. The number of hydrogen-bond donors (Lipinski definition) is 2. The molecule has 0 bridgehead atoms. The van der Waals surface area contributed by atoms with E-state index in [0.29, 0.717) is 5.92 Å². The Bertz CT molecular complexity index is 432. The van der Waals surface area contributed by atoms with Gasteiger partial charge in [0.25, 0.3) is 0 Å². The first-order valence-corrected chi connectivity index (χ1v) is 7.11. The largest absolute Gasteiger partial charge is 0.368 e. The van der Waals surface area contributed by atoms with Gasteiger partial charge in [0, 0.05) is 24.3 Å². The van der Waals surface area contributed by atoms with Gasteiger partial charge in [0.15, 0.2) is 0 Å². The number of carbonyl (C=O) groups is 1. The van der Waals surface area contributed by atoms with Crippen LogP contribution < -0.4 is 16.0 Å². The Balaban J connectivity index is 2.88. The van der Waals surface area contributed by atoms with Gasteiger partial charge in [-0.25, -0.2) is 4.98 Å². The van der Waals surface area contributed by atoms with E-state index < -0.39 is 0 Å². The summed E-state index contributed by atoms with van der Waals surface area (Å²) in [5.74, 6) is 1.09. The highest BCUT2D eigenvalue weighted by molar-refractivity contribution is 5.79. The summed E-state index contributed by atoms with van der Waals surface area (Å²) in [6.45, 7) is 10.3. The van der Waals surface area contributed by atoms with Crippen LogP contribution in [0.3, 0.4) is 0 Å². The number of carbonyl (C=O) groups excluding carboxylic acids is 1. The molecule has 0 saturated heterocycles. The summed E-state index contributed by atoms with van der Waals surface area (Å²) in [5, 5.41) is 3.41. The number of amides is 1. The van der Waals surface area contributed by atoms with Gasteiger partial charge in [0.2, 0.25) is 5.91 Å². The molecule has 0 aromatic carbocycles. The van der Waals surface area contributed by atoms with Crippen LogP contribution in [-0.4, -0.2) is 30.0 Å². The highest BCUT2D eigenvalue weighted by atomic mass is 16.1. The van der Waals surface area contributed by atoms with Crippen LogP contribution in [0, 0.1) is 5.92 Å². The van der Waals surface area contributed by atoms with Crippen molar-refractivity contribution < 1.29 is 4.79 Å². The maximum Gasteiger partial charge on any atom is 0.237 e. The first kappa shape index (κ1) is 16.4. The number of primary amides is 1. The minimum absolute atomic E-state index is 0.168. The first-order valence-electron chi connectivity index (χ1n) is 7.11. The van der Waals surface area contributed by atoms with E-state index in [2.05, 4.69) is 24.1 Å². The van der Waals surface area contributed by atoms with Crippen LogP contribution in [0.5, 0.6) is 0 Å². The van der Waals surface area contributed by atoms with Crippen molar-refractivity contribution in [1.82, 2.24) is 10.3 Å². The van der Waals surface area contributed by atoms with E-state index in [1.165, 1.54) is 0 Å². The summed E-state index contributed by atoms with van der Waals surface area (Å²) in [7, 11) is 0. The Morgan fingerprint density at radius 1 is 1.40 bits per heavy atom. The predicted molar refractivity (Wildman–Crippen MR) is 82.5 cm³/mol. The maximum absolute atomic E-state index is 11.2. The minimum Gasteiger partial charge on any atom is -0.368 e. The second kappa shape index (κ2) is 7.85. The third kappa shape index (κ3) is 5.17. The summed E-state index contributed by atoms with van der Waals surface area (Å²) < 4.78 is 0. The smallest absolute Gasteiger partial charge is 0.237 e.